The summed E-state index contributed by atoms with van der Waals surface area (Å²) < 4.78 is 0. The van der Waals surface area contributed by atoms with Crippen LogP contribution in [0.25, 0.3) is 10.9 Å². The topological polar surface area (TPSA) is 15.8 Å². The van der Waals surface area contributed by atoms with Gasteiger partial charge in [0, 0.05) is 26.9 Å². The van der Waals surface area contributed by atoms with E-state index in [4.69, 9.17) is 0 Å². The number of fused-ring (bicyclic) bond motifs is 1. The fourth-order valence-corrected chi connectivity index (χ4v) is 3.45. The van der Waals surface area contributed by atoms with Crippen LogP contribution in [0.1, 0.15) is 18.1 Å². The summed E-state index contributed by atoms with van der Waals surface area (Å²) in [7, 11) is 0. The van der Waals surface area contributed by atoms with E-state index in [1.807, 2.05) is 11.8 Å². The Morgan fingerprint density at radius 1 is 1.05 bits per heavy atom. The van der Waals surface area contributed by atoms with Crippen molar-refractivity contribution in [1.82, 2.24) is 4.98 Å². The summed E-state index contributed by atoms with van der Waals surface area (Å²) in [6.45, 7) is 4.37. The molecule has 0 atom stereocenters. The summed E-state index contributed by atoms with van der Waals surface area (Å²) in [5, 5.41) is 1.30. The van der Waals surface area contributed by atoms with Crippen LogP contribution in [0.3, 0.4) is 0 Å². The quantitative estimate of drug-likeness (QED) is 0.690. The van der Waals surface area contributed by atoms with Crippen LogP contribution in [0.2, 0.25) is 0 Å². The molecule has 2 aromatic carbocycles. The van der Waals surface area contributed by atoms with Crippen LogP contribution in [0.15, 0.2) is 58.5 Å². The Bertz CT molecular complexity index is 712. The average molecular weight is 267 g/mol. The lowest BCUT2D eigenvalue weighted by molar-refractivity contribution is 1.07. The van der Waals surface area contributed by atoms with Crippen LogP contribution in [0.5, 0.6) is 0 Å². The fourth-order valence-electron chi connectivity index (χ4n) is 2.33. The second-order valence-corrected chi connectivity index (χ2v) is 5.85. The first-order chi connectivity index (χ1) is 9.28. The number of aromatic amines is 1. The molecule has 0 saturated heterocycles. The van der Waals surface area contributed by atoms with E-state index in [0.29, 0.717) is 0 Å². The third-order valence-corrected chi connectivity index (χ3v) is 4.54. The Morgan fingerprint density at radius 3 is 2.74 bits per heavy atom. The van der Waals surface area contributed by atoms with Gasteiger partial charge in [-0.15, -0.1) is 0 Å². The van der Waals surface area contributed by atoms with E-state index in [0.717, 1.165) is 6.42 Å². The molecular formula is C17H17NS. The predicted octanol–water partition coefficient (Wildman–Crippen LogP) is 5.19. The van der Waals surface area contributed by atoms with Gasteiger partial charge in [-0.2, -0.15) is 0 Å². The van der Waals surface area contributed by atoms with Crippen LogP contribution in [0.4, 0.5) is 0 Å². The lowest BCUT2D eigenvalue weighted by Gasteiger charge is -2.08. The van der Waals surface area contributed by atoms with E-state index in [1.54, 1.807) is 0 Å². The van der Waals surface area contributed by atoms with Crippen molar-refractivity contribution >= 4 is 22.7 Å². The fraction of sp³-hybridized carbons (Fsp3) is 0.176. The summed E-state index contributed by atoms with van der Waals surface area (Å²) in [6.07, 6.45) is 3.18. The molecule has 0 fully saturated rings. The molecule has 1 N–H and O–H groups in total. The largest absolute Gasteiger partial charge is 0.360 e. The highest BCUT2D eigenvalue weighted by Crippen LogP contribution is 2.35. The molecular weight excluding hydrogens is 250 g/mol. The molecule has 0 spiro atoms. The molecule has 3 aromatic rings. The number of rotatable bonds is 3. The van der Waals surface area contributed by atoms with Gasteiger partial charge in [-0.25, -0.2) is 0 Å². The number of aromatic nitrogens is 1. The first kappa shape index (κ1) is 12.4. The van der Waals surface area contributed by atoms with Crippen molar-refractivity contribution in [3.05, 3.63) is 59.8 Å². The molecule has 1 aromatic heterocycles. The van der Waals surface area contributed by atoms with E-state index in [-0.39, 0.29) is 0 Å². The Balaban J connectivity index is 2.01. The van der Waals surface area contributed by atoms with Gasteiger partial charge in [0.2, 0.25) is 0 Å². The SMILES string of the molecule is CCc1cc(C)ccc1Sc1c[nH]c2ccccc12. The van der Waals surface area contributed by atoms with E-state index in [2.05, 4.69) is 67.5 Å². The standard InChI is InChI=1S/C17H17NS/c1-3-13-10-12(2)8-9-16(13)19-17-11-18-15-7-5-4-6-14(15)17/h4-11,18H,3H2,1-2H3. The van der Waals surface area contributed by atoms with Gasteiger partial charge in [-0.05, 0) is 31.0 Å². The van der Waals surface area contributed by atoms with Crippen molar-refractivity contribution in [2.24, 2.45) is 0 Å². The highest BCUT2D eigenvalue weighted by molar-refractivity contribution is 7.99. The smallest absolute Gasteiger partial charge is 0.0465 e. The Labute approximate surface area is 118 Å². The molecule has 0 saturated carbocycles. The van der Waals surface area contributed by atoms with Gasteiger partial charge in [-0.3, -0.25) is 0 Å². The van der Waals surface area contributed by atoms with E-state index in [9.17, 15) is 0 Å². The molecule has 3 rings (SSSR count). The number of aryl methyl sites for hydroxylation is 2. The zero-order chi connectivity index (χ0) is 13.2. The zero-order valence-electron chi connectivity index (χ0n) is 11.2. The minimum atomic E-state index is 1.08. The zero-order valence-corrected chi connectivity index (χ0v) is 12.1. The molecule has 0 radical (unpaired) electrons. The van der Waals surface area contributed by atoms with Crippen molar-refractivity contribution in [3.63, 3.8) is 0 Å². The summed E-state index contributed by atoms with van der Waals surface area (Å²) in [6, 6.07) is 15.2. The van der Waals surface area contributed by atoms with Gasteiger partial charge < -0.3 is 4.98 Å². The lowest BCUT2D eigenvalue weighted by atomic mass is 10.1. The van der Waals surface area contributed by atoms with E-state index in [1.165, 1.54) is 31.8 Å². The first-order valence-corrected chi connectivity index (χ1v) is 7.43. The number of hydrogen-bond acceptors (Lipinski definition) is 1. The van der Waals surface area contributed by atoms with Gasteiger partial charge in [0.05, 0.1) is 0 Å². The molecule has 0 bridgehead atoms. The summed E-state index contributed by atoms with van der Waals surface area (Å²) in [5.74, 6) is 0. The Kier molecular flexibility index (Phi) is 3.34. The van der Waals surface area contributed by atoms with Gasteiger partial charge in [-0.1, -0.05) is 54.6 Å². The molecule has 0 aliphatic rings. The molecule has 0 aliphatic carbocycles. The maximum atomic E-state index is 3.34. The molecule has 1 nitrogen and oxygen atoms in total. The number of nitrogens with one attached hydrogen (secondary N) is 1. The van der Waals surface area contributed by atoms with Crippen molar-refractivity contribution in [3.8, 4) is 0 Å². The normalized spacial score (nSPS) is 11.1. The number of hydrogen-bond donors (Lipinski definition) is 1. The minimum absolute atomic E-state index is 1.08. The molecule has 2 heteroatoms. The van der Waals surface area contributed by atoms with Crippen molar-refractivity contribution in [1.29, 1.82) is 0 Å². The van der Waals surface area contributed by atoms with Crippen molar-refractivity contribution in [2.45, 2.75) is 30.1 Å². The summed E-state index contributed by atoms with van der Waals surface area (Å²) >= 11 is 1.85. The van der Waals surface area contributed by atoms with Gasteiger partial charge >= 0.3 is 0 Å². The lowest BCUT2D eigenvalue weighted by Crippen LogP contribution is -1.86. The Morgan fingerprint density at radius 2 is 1.89 bits per heavy atom. The number of benzene rings is 2. The van der Waals surface area contributed by atoms with Crippen molar-refractivity contribution in [2.75, 3.05) is 0 Å². The van der Waals surface area contributed by atoms with Crippen LogP contribution in [-0.2, 0) is 6.42 Å². The maximum absolute atomic E-state index is 3.34. The molecule has 0 unspecified atom stereocenters. The molecule has 1 heterocycles. The summed E-state index contributed by atoms with van der Waals surface area (Å²) in [4.78, 5) is 6.00. The average Bonchev–Trinajstić information content (AvgIpc) is 2.84. The Hall–Kier alpha value is -1.67. The monoisotopic (exact) mass is 267 g/mol. The molecule has 0 aliphatic heterocycles. The van der Waals surface area contributed by atoms with E-state index >= 15 is 0 Å². The van der Waals surface area contributed by atoms with Crippen LogP contribution in [-0.4, -0.2) is 4.98 Å². The molecule has 96 valence electrons. The minimum Gasteiger partial charge on any atom is -0.360 e. The van der Waals surface area contributed by atoms with Gasteiger partial charge in [0.15, 0.2) is 0 Å². The highest BCUT2D eigenvalue weighted by atomic mass is 32.2. The molecule has 0 amide bonds. The third-order valence-electron chi connectivity index (χ3n) is 3.37. The van der Waals surface area contributed by atoms with Crippen LogP contribution in [0, 0.1) is 6.92 Å². The number of para-hydroxylation sites is 1. The highest BCUT2D eigenvalue weighted by Gasteiger charge is 2.07. The maximum Gasteiger partial charge on any atom is 0.0465 e. The first-order valence-electron chi connectivity index (χ1n) is 6.61. The molecule has 19 heavy (non-hydrogen) atoms. The van der Waals surface area contributed by atoms with Crippen LogP contribution < -0.4 is 0 Å². The van der Waals surface area contributed by atoms with E-state index < -0.39 is 0 Å². The van der Waals surface area contributed by atoms with Gasteiger partial charge in [0.1, 0.15) is 0 Å². The second kappa shape index (κ2) is 5.14. The summed E-state index contributed by atoms with van der Waals surface area (Å²) in [5.41, 5.74) is 3.96. The predicted molar refractivity (Wildman–Crippen MR) is 83.0 cm³/mol. The number of H-pyrrole nitrogens is 1. The van der Waals surface area contributed by atoms with Crippen molar-refractivity contribution < 1.29 is 0 Å². The third kappa shape index (κ3) is 2.41. The second-order valence-electron chi connectivity index (χ2n) is 4.77. The van der Waals surface area contributed by atoms with Crippen LogP contribution >= 0.6 is 11.8 Å². The van der Waals surface area contributed by atoms with Gasteiger partial charge in [0.25, 0.3) is 0 Å².